The van der Waals surface area contributed by atoms with Crippen LogP contribution in [-0.2, 0) is 4.79 Å². The number of carbonyl (C=O) groups is 1. The predicted molar refractivity (Wildman–Crippen MR) is 125 cm³/mol. The molecule has 0 fully saturated rings. The summed E-state index contributed by atoms with van der Waals surface area (Å²) in [6.45, 7) is 0. The second kappa shape index (κ2) is 8.99. The van der Waals surface area contributed by atoms with Crippen LogP contribution in [0.3, 0.4) is 0 Å². The van der Waals surface area contributed by atoms with Crippen molar-refractivity contribution in [2.24, 2.45) is 0 Å². The molecule has 9 nitrogen and oxygen atoms in total. The van der Waals surface area contributed by atoms with Crippen LogP contribution in [0.5, 0.6) is 5.75 Å². The fourth-order valence-corrected chi connectivity index (χ4v) is 4.69. The molecule has 2 aromatic carbocycles. The molecular formula is C20H13ClN4O5S2. The summed E-state index contributed by atoms with van der Waals surface area (Å²) >= 11 is 8.23. The number of nitrogens with zero attached hydrogens (tertiary/aromatic N) is 2. The molecule has 0 aliphatic carbocycles. The largest absolute Gasteiger partial charge is 0.506 e. The topological polar surface area (TPSA) is 138 Å². The molecule has 3 N–H and O–H groups in total. The number of H-pyrrole nitrogens is 1. The van der Waals surface area contributed by atoms with Gasteiger partial charge in [-0.2, -0.15) is 0 Å². The van der Waals surface area contributed by atoms with Crippen LogP contribution in [0.4, 0.5) is 11.4 Å². The van der Waals surface area contributed by atoms with E-state index in [4.69, 9.17) is 11.6 Å². The number of amides is 1. The Morgan fingerprint density at radius 2 is 2.03 bits per heavy atom. The van der Waals surface area contributed by atoms with Gasteiger partial charge in [-0.15, -0.1) is 11.3 Å². The van der Waals surface area contributed by atoms with Crippen molar-refractivity contribution in [3.8, 4) is 16.9 Å². The lowest BCUT2D eigenvalue weighted by Crippen LogP contribution is -2.15. The van der Waals surface area contributed by atoms with Crippen LogP contribution in [0.2, 0.25) is 5.02 Å². The Hall–Kier alpha value is -3.41. The lowest BCUT2D eigenvalue weighted by atomic mass is 10.1. The van der Waals surface area contributed by atoms with Crippen molar-refractivity contribution >= 4 is 62.2 Å². The number of aromatic amines is 1. The maximum atomic E-state index is 12.7. The average molecular weight is 489 g/mol. The maximum absolute atomic E-state index is 12.7. The first-order valence-corrected chi connectivity index (χ1v) is 11.2. The number of thiophene rings is 1. The summed E-state index contributed by atoms with van der Waals surface area (Å²) in [4.78, 5) is 42.8. The van der Waals surface area contributed by atoms with Crippen molar-refractivity contribution in [3.63, 3.8) is 0 Å². The highest BCUT2D eigenvalue weighted by molar-refractivity contribution is 7.99. The molecule has 32 heavy (non-hydrogen) atoms. The van der Waals surface area contributed by atoms with Crippen LogP contribution in [0, 0.1) is 10.1 Å². The van der Waals surface area contributed by atoms with Gasteiger partial charge in [0.25, 0.3) is 11.2 Å². The number of rotatable bonds is 6. The van der Waals surface area contributed by atoms with E-state index in [9.17, 15) is 24.8 Å². The van der Waals surface area contributed by atoms with Crippen LogP contribution in [-0.4, -0.2) is 31.7 Å². The van der Waals surface area contributed by atoms with Gasteiger partial charge in [0.1, 0.15) is 10.6 Å². The van der Waals surface area contributed by atoms with E-state index in [0.29, 0.717) is 15.2 Å². The van der Waals surface area contributed by atoms with Gasteiger partial charge in [0.15, 0.2) is 5.16 Å². The quantitative estimate of drug-likeness (QED) is 0.118. The third kappa shape index (κ3) is 4.59. The van der Waals surface area contributed by atoms with Gasteiger partial charge in [0.05, 0.1) is 21.7 Å². The number of halogens is 1. The summed E-state index contributed by atoms with van der Waals surface area (Å²) in [5.41, 5.74) is 0.903. The number of anilines is 1. The first kappa shape index (κ1) is 21.8. The molecule has 4 aromatic rings. The molecule has 0 aliphatic heterocycles. The van der Waals surface area contributed by atoms with Crippen LogP contribution in [0.1, 0.15) is 0 Å². The summed E-state index contributed by atoms with van der Waals surface area (Å²) in [7, 11) is 0. The molecule has 0 spiro atoms. The number of aromatic hydroxyl groups is 1. The Morgan fingerprint density at radius 1 is 1.28 bits per heavy atom. The SMILES string of the molecule is O=C(CSc1nc2scc(-c3ccc(Cl)cc3)c2c(=O)[nH]1)Nc1cc([N+](=O)[O-])ccc1O. The van der Waals surface area contributed by atoms with Gasteiger partial charge in [-0.3, -0.25) is 19.7 Å². The zero-order valence-corrected chi connectivity index (χ0v) is 18.4. The van der Waals surface area contributed by atoms with Gasteiger partial charge in [-0.1, -0.05) is 35.5 Å². The molecule has 4 rings (SSSR count). The summed E-state index contributed by atoms with van der Waals surface area (Å²) in [6.07, 6.45) is 0. The van der Waals surface area contributed by atoms with Crippen molar-refractivity contribution < 1.29 is 14.8 Å². The number of aromatic nitrogens is 2. The maximum Gasteiger partial charge on any atom is 0.271 e. The summed E-state index contributed by atoms with van der Waals surface area (Å²) in [5.74, 6) is -0.955. The molecular weight excluding hydrogens is 476 g/mol. The van der Waals surface area contributed by atoms with Crippen molar-refractivity contribution in [1.29, 1.82) is 0 Å². The number of benzene rings is 2. The lowest BCUT2D eigenvalue weighted by molar-refractivity contribution is -0.384. The molecule has 0 bridgehead atoms. The van der Waals surface area contributed by atoms with E-state index >= 15 is 0 Å². The van der Waals surface area contributed by atoms with Crippen molar-refractivity contribution in [2.75, 3.05) is 11.1 Å². The average Bonchev–Trinajstić information content (AvgIpc) is 3.19. The first-order valence-electron chi connectivity index (χ1n) is 8.99. The highest BCUT2D eigenvalue weighted by Gasteiger charge is 2.16. The Morgan fingerprint density at radius 3 is 2.75 bits per heavy atom. The van der Waals surface area contributed by atoms with Crippen molar-refractivity contribution in [2.45, 2.75) is 5.16 Å². The number of nitrogens with one attached hydrogen (secondary N) is 2. The molecule has 1 amide bonds. The second-order valence-corrected chi connectivity index (χ2v) is 8.76. The Kier molecular flexibility index (Phi) is 6.12. The number of phenols is 1. The van der Waals surface area contributed by atoms with E-state index in [-0.39, 0.29) is 33.6 Å². The predicted octanol–water partition coefficient (Wildman–Crippen LogP) is 4.65. The minimum absolute atomic E-state index is 0.0763. The van der Waals surface area contributed by atoms with Gasteiger partial charge in [0.2, 0.25) is 5.91 Å². The highest BCUT2D eigenvalue weighted by atomic mass is 35.5. The molecule has 2 aromatic heterocycles. The van der Waals surface area contributed by atoms with Gasteiger partial charge in [0, 0.05) is 28.1 Å². The molecule has 2 heterocycles. The van der Waals surface area contributed by atoms with Gasteiger partial charge in [-0.25, -0.2) is 4.98 Å². The monoisotopic (exact) mass is 488 g/mol. The fourth-order valence-electron chi connectivity index (χ4n) is 2.90. The summed E-state index contributed by atoms with van der Waals surface area (Å²) in [6, 6.07) is 10.4. The Balaban J connectivity index is 1.50. The van der Waals surface area contributed by atoms with E-state index in [1.165, 1.54) is 11.3 Å². The molecule has 0 saturated carbocycles. The van der Waals surface area contributed by atoms with Crippen LogP contribution < -0.4 is 10.9 Å². The zero-order valence-electron chi connectivity index (χ0n) is 16.0. The molecule has 12 heteroatoms. The van der Waals surface area contributed by atoms with Crippen LogP contribution in [0.15, 0.2) is 57.8 Å². The molecule has 0 aliphatic rings. The Bertz CT molecular complexity index is 1400. The van der Waals surface area contributed by atoms with Crippen LogP contribution >= 0.6 is 34.7 Å². The van der Waals surface area contributed by atoms with Gasteiger partial charge in [-0.05, 0) is 23.8 Å². The third-order valence-corrected chi connectivity index (χ3v) is 6.38. The van der Waals surface area contributed by atoms with Crippen LogP contribution in [0.25, 0.3) is 21.3 Å². The molecule has 0 atom stereocenters. The fraction of sp³-hybridized carbons (Fsp3) is 0.0500. The van der Waals surface area contributed by atoms with E-state index in [1.807, 2.05) is 17.5 Å². The Labute approximate surface area is 193 Å². The number of thioether (sulfide) groups is 1. The summed E-state index contributed by atoms with van der Waals surface area (Å²) < 4.78 is 0. The minimum atomic E-state index is -0.632. The molecule has 0 saturated heterocycles. The standard InChI is InChI=1S/C20H13ClN4O5S2/c21-11-3-1-10(2-4-11)13-8-31-19-17(13)18(28)23-20(24-19)32-9-16(27)22-14-7-12(25(29)30)5-6-15(14)26/h1-8,26H,9H2,(H,22,27)(H,23,24,28). The smallest absolute Gasteiger partial charge is 0.271 e. The van der Waals surface area contributed by atoms with E-state index in [0.717, 1.165) is 41.1 Å². The normalized spacial score (nSPS) is 10.9. The number of carbonyl (C=O) groups excluding carboxylic acids is 1. The van der Waals surface area contributed by atoms with Gasteiger partial charge < -0.3 is 15.4 Å². The number of phenolic OH excluding ortho intramolecular Hbond substituents is 1. The van der Waals surface area contributed by atoms with Crippen molar-refractivity contribution in [1.82, 2.24) is 9.97 Å². The number of non-ortho nitro benzene ring substituents is 1. The van der Waals surface area contributed by atoms with E-state index < -0.39 is 10.8 Å². The number of nitro benzene ring substituents is 1. The van der Waals surface area contributed by atoms with E-state index in [2.05, 4.69) is 15.3 Å². The van der Waals surface area contributed by atoms with Gasteiger partial charge >= 0.3 is 0 Å². The van der Waals surface area contributed by atoms with E-state index in [1.54, 1.807) is 12.1 Å². The number of fused-ring (bicyclic) bond motifs is 1. The molecule has 0 unspecified atom stereocenters. The number of hydrogen-bond acceptors (Lipinski definition) is 8. The number of hydrogen-bond donors (Lipinski definition) is 3. The number of nitro groups is 1. The summed E-state index contributed by atoms with van der Waals surface area (Å²) in [5, 5.41) is 26.2. The zero-order chi connectivity index (χ0) is 22.8. The third-order valence-electron chi connectivity index (χ3n) is 4.38. The van der Waals surface area contributed by atoms with Crippen molar-refractivity contribution in [3.05, 3.63) is 73.3 Å². The molecule has 0 radical (unpaired) electrons. The lowest BCUT2D eigenvalue weighted by Gasteiger charge is -2.07. The minimum Gasteiger partial charge on any atom is -0.506 e. The highest BCUT2D eigenvalue weighted by Crippen LogP contribution is 2.32. The molecule has 162 valence electrons. The first-order chi connectivity index (χ1) is 15.3. The second-order valence-electron chi connectivity index (χ2n) is 6.50.